The van der Waals surface area contributed by atoms with Crippen molar-refractivity contribution in [3.8, 4) is 0 Å². The number of pyridine rings is 1. The molecule has 3 N–H and O–H groups in total. The lowest BCUT2D eigenvalue weighted by Crippen LogP contribution is -2.52. The van der Waals surface area contributed by atoms with Crippen LogP contribution in [0, 0.1) is 0 Å². The highest BCUT2D eigenvalue weighted by atomic mass is 32.2. The summed E-state index contributed by atoms with van der Waals surface area (Å²) in [6.45, 7) is 6.90. The fourth-order valence-corrected chi connectivity index (χ4v) is 4.78. The number of hydrogen-bond donors (Lipinski definition) is 3. The van der Waals surface area contributed by atoms with E-state index in [2.05, 4.69) is 39.1 Å². The zero-order valence-corrected chi connectivity index (χ0v) is 19.4. The average Bonchev–Trinajstić information content (AvgIpc) is 3.15. The molecular weight excluding hydrogens is 428 g/mol. The molecule has 4 rings (SSSR count). The molecule has 172 valence electrons. The van der Waals surface area contributed by atoms with E-state index < -0.39 is 10.0 Å². The Morgan fingerprint density at radius 3 is 2.62 bits per heavy atom. The Balaban J connectivity index is 1.37. The quantitative estimate of drug-likeness (QED) is 0.607. The van der Waals surface area contributed by atoms with Crippen molar-refractivity contribution in [2.75, 3.05) is 52.7 Å². The Labute approximate surface area is 189 Å². The molecule has 0 bridgehead atoms. The molecule has 2 aromatic rings. The number of benzene rings is 1. The number of anilines is 4. The van der Waals surface area contributed by atoms with Crippen LogP contribution in [-0.2, 0) is 21.2 Å². The van der Waals surface area contributed by atoms with Crippen LogP contribution in [0.2, 0.25) is 0 Å². The van der Waals surface area contributed by atoms with E-state index in [1.165, 1.54) is 0 Å². The van der Waals surface area contributed by atoms with Crippen LogP contribution in [0.25, 0.3) is 0 Å². The molecule has 0 saturated carbocycles. The van der Waals surface area contributed by atoms with Crippen LogP contribution < -0.4 is 20.3 Å². The molecule has 0 spiro atoms. The van der Waals surface area contributed by atoms with Gasteiger partial charge < -0.3 is 20.4 Å². The molecule has 32 heavy (non-hydrogen) atoms. The Bertz CT molecular complexity index is 1100. The molecule has 1 amide bonds. The fraction of sp³-hybridized carbons (Fsp3) is 0.455. The van der Waals surface area contributed by atoms with Gasteiger partial charge in [-0.15, -0.1) is 0 Å². The smallest absolute Gasteiger partial charge is 0.245 e. The van der Waals surface area contributed by atoms with Gasteiger partial charge in [0.25, 0.3) is 0 Å². The van der Waals surface area contributed by atoms with Crippen LogP contribution in [0.4, 0.5) is 22.9 Å². The van der Waals surface area contributed by atoms with E-state index in [9.17, 15) is 13.2 Å². The maximum absolute atomic E-state index is 13.1. The van der Waals surface area contributed by atoms with Crippen molar-refractivity contribution in [3.63, 3.8) is 0 Å². The first-order valence-electron chi connectivity index (χ1n) is 10.8. The summed E-state index contributed by atoms with van der Waals surface area (Å²) in [5, 5.41) is 6.73. The first-order chi connectivity index (χ1) is 15.2. The van der Waals surface area contributed by atoms with Gasteiger partial charge in [-0.2, -0.15) is 0 Å². The number of fused-ring (bicyclic) bond motifs is 1. The van der Waals surface area contributed by atoms with Gasteiger partial charge in [0.05, 0.1) is 11.9 Å². The van der Waals surface area contributed by atoms with Crippen LogP contribution in [0.15, 0.2) is 36.5 Å². The summed E-state index contributed by atoms with van der Waals surface area (Å²) in [6.07, 6.45) is 3.46. The number of rotatable bonds is 6. The number of nitrogens with zero attached hydrogens (tertiary/aromatic N) is 3. The summed E-state index contributed by atoms with van der Waals surface area (Å²) in [4.78, 5) is 21.8. The largest absolute Gasteiger partial charge is 0.380 e. The predicted octanol–water partition coefficient (Wildman–Crippen LogP) is 1.96. The van der Waals surface area contributed by atoms with Gasteiger partial charge in [-0.1, -0.05) is 0 Å². The third-order valence-electron chi connectivity index (χ3n) is 5.58. The number of aromatic nitrogens is 1. The number of nitrogens with one attached hydrogen (secondary N) is 3. The Morgan fingerprint density at radius 2 is 1.94 bits per heavy atom. The van der Waals surface area contributed by atoms with Gasteiger partial charge >= 0.3 is 0 Å². The lowest BCUT2D eigenvalue weighted by molar-refractivity contribution is -0.132. The van der Waals surface area contributed by atoms with E-state index in [-0.39, 0.29) is 11.9 Å². The molecular formula is C22H30N6O3S. The number of piperazine rings is 1. The summed E-state index contributed by atoms with van der Waals surface area (Å²) in [6, 6.07) is 9.24. The van der Waals surface area contributed by atoms with Crippen LogP contribution in [0.3, 0.4) is 0 Å². The molecule has 10 heteroatoms. The molecule has 1 fully saturated rings. The summed E-state index contributed by atoms with van der Waals surface area (Å²) in [7, 11) is -3.34. The molecule has 2 aliphatic heterocycles. The minimum atomic E-state index is -3.34. The molecule has 0 radical (unpaired) electrons. The third kappa shape index (κ3) is 5.07. The second kappa shape index (κ2) is 8.85. The lowest BCUT2D eigenvalue weighted by atomic mass is 10.1. The van der Waals surface area contributed by atoms with Crippen molar-refractivity contribution in [2.45, 2.75) is 32.4 Å². The van der Waals surface area contributed by atoms with Gasteiger partial charge in [0.1, 0.15) is 6.04 Å². The second-order valence-corrected chi connectivity index (χ2v) is 10.4. The van der Waals surface area contributed by atoms with Crippen LogP contribution in [0.5, 0.6) is 0 Å². The van der Waals surface area contributed by atoms with E-state index >= 15 is 0 Å². The maximum atomic E-state index is 13.1. The van der Waals surface area contributed by atoms with E-state index in [1.54, 1.807) is 18.3 Å². The maximum Gasteiger partial charge on any atom is 0.245 e. The Morgan fingerprint density at radius 1 is 1.19 bits per heavy atom. The van der Waals surface area contributed by atoms with Crippen LogP contribution >= 0.6 is 0 Å². The molecule has 9 nitrogen and oxygen atoms in total. The normalized spacial score (nSPS) is 18.3. The number of carbonyl (C=O) groups excluding carboxylic acids is 1. The molecule has 3 heterocycles. The second-order valence-electron chi connectivity index (χ2n) is 8.63. The molecule has 1 aromatic carbocycles. The standard InChI is InChI=1S/C22H30N6O3S/c1-15(2)24-19-5-4-8-23-21(19)27-9-11-28(12-10-27)22(29)20-14-16-13-17(26-32(3,30)31)6-7-18(16)25-20/h4-8,13,15,20,24-26H,9-12,14H2,1-3H3. The lowest BCUT2D eigenvalue weighted by Gasteiger charge is -2.37. The van der Waals surface area contributed by atoms with E-state index in [1.807, 2.05) is 23.1 Å². The van der Waals surface area contributed by atoms with Gasteiger partial charge in [-0.25, -0.2) is 13.4 Å². The summed E-state index contributed by atoms with van der Waals surface area (Å²) in [5.41, 5.74) is 3.33. The van der Waals surface area contributed by atoms with Gasteiger partial charge in [-0.3, -0.25) is 9.52 Å². The topological polar surface area (TPSA) is 107 Å². The van der Waals surface area contributed by atoms with Gasteiger partial charge in [-0.05, 0) is 49.7 Å². The van der Waals surface area contributed by atoms with Crippen molar-refractivity contribution >= 4 is 38.8 Å². The van der Waals surface area contributed by atoms with Crippen LogP contribution in [-0.4, -0.2) is 68.7 Å². The third-order valence-corrected chi connectivity index (χ3v) is 6.19. The van der Waals surface area contributed by atoms with E-state index in [0.29, 0.717) is 31.2 Å². The minimum Gasteiger partial charge on any atom is -0.380 e. The Hall–Kier alpha value is -3.01. The minimum absolute atomic E-state index is 0.0695. The highest BCUT2D eigenvalue weighted by Crippen LogP contribution is 2.30. The highest BCUT2D eigenvalue weighted by Gasteiger charge is 2.32. The number of hydrogen-bond acceptors (Lipinski definition) is 7. The number of carbonyl (C=O) groups is 1. The van der Waals surface area contributed by atoms with E-state index in [0.717, 1.165) is 42.1 Å². The first kappa shape index (κ1) is 22.2. The van der Waals surface area contributed by atoms with Gasteiger partial charge in [0, 0.05) is 56.2 Å². The molecule has 1 aromatic heterocycles. The summed E-state index contributed by atoms with van der Waals surface area (Å²) < 4.78 is 25.5. The average molecular weight is 459 g/mol. The van der Waals surface area contributed by atoms with Crippen LogP contribution in [0.1, 0.15) is 19.4 Å². The first-order valence-corrected chi connectivity index (χ1v) is 12.7. The molecule has 0 aliphatic carbocycles. The summed E-state index contributed by atoms with van der Waals surface area (Å²) >= 11 is 0. The van der Waals surface area contributed by atoms with Crippen molar-refractivity contribution in [1.82, 2.24) is 9.88 Å². The number of sulfonamides is 1. The highest BCUT2D eigenvalue weighted by molar-refractivity contribution is 7.92. The SMILES string of the molecule is CC(C)Nc1cccnc1N1CCN(C(=O)C2Cc3cc(NS(C)(=O)=O)ccc3N2)CC1. The van der Waals surface area contributed by atoms with E-state index in [4.69, 9.17) is 0 Å². The predicted molar refractivity (Wildman–Crippen MR) is 128 cm³/mol. The summed E-state index contributed by atoms with van der Waals surface area (Å²) in [5.74, 6) is 0.991. The molecule has 1 unspecified atom stereocenters. The molecule has 2 aliphatic rings. The fourth-order valence-electron chi connectivity index (χ4n) is 4.22. The number of amides is 1. The van der Waals surface area contributed by atoms with Crippen molar-refractivity contribution in [1.29, 1.82) is 0 Å². The van der Waals surface area contributed by atoms with Gasteiger partial charge in [0.2, 0.25) is 15.9 Å². The van der Waals surface area contributed by atoms with Crippen molar-refractivity contribution in [2.24, 2.45) is 0 Å². The zero-order chi connectivity index (χ0) is 22.9. The molecule has 1 saturated heterocycles. The monoisotopic (exact) mass is 458 g/mol. The molecule has 1 atom stereocenters. The van der Waals surface area contributed by atoms with Crippen molar-refractivity contribution < 1.29 is 13.2 Å². The van der Waals surface area contributed by atoms with Crippen molar-refractivity contribution in [3.05, 3.63) is 42.1 Å². The zero-order valence-electron chi connectivity index (χ0n) is 18.6. The van der Waals surface area contributed by atoms with Gasteiger partial charge in [0.15, 0.2) is 5.82 Å². The Kier molecular flexibility index (Phi) is 6.14.